The summed E-state index contributed by atoms with van der Waals surface area (Å²) in [7, 11) is 0. The van der Waals surface area contributed by atoms with Gasteiger partial charge in [-0.15, -0.1) is 0 Å². The van der Waals surface area contributed by atoms with Gasteiger partial charge in [0.25, 0.3) is 0 Å². The number of aliphatic hydroxyl groups is 1. The number of hydrogen-bond acceptors (Lipinski definition) is 2. The highest BCUT2D eigenvalue weighted by atomic mass is 16.5. The van der Waals surface area contributed by atoms with Crippen LogP contribution in [-0.4, -0.2) is 11.2 Å². The molecule has 0 amide bonds. The van der Waals surface area contributed by atoms with Crippen molar-refractivity contribution in [3.63, 3.8) is 0 Å². The SMILES string of the molecule is O[C@@H]1CCc2cc(OC3CCCCC3)ccc21. The number of fused-ring (bicyclic) bond motifs is 1. The van der Waals surface area contributed by atoms with E-state index in [2.05, 4.69) is 6.07 Å². The van der Waals surface area contributed by atoms with Gasteiger partial charge < -0.3 is 9.84 Å². The fourth-order valence-corrected chi connectivity index (χ4v) is 3.02. The van der Waals surface area contributed by atoms with Crippen LogP contribution in [0.1, 0.15) is 55.8 Å². The molecule has 1 fully saturated rings. The molecule has 0 aliphatic heterocycles. The molecule has 0 heterocycles. The van der Waals surface area contributed by atoms with Gasteiger partial charge in [-0.2, -0.15) is 0 Å². The first-order valence-electron chi connectivity index (χ1n) is 6.80. The van der Waals surface area contributed by atoms with Gasteiger partial charge in [-0.25, -0.2) is 0 Å². The Morgan fingerprint density at radius 3 is 2.71 bits per heavy atom. The second-order valence-electron chi connectivity index (χ2n) is 5.29. The third-order valence-corrected chi connectivity index (χ3v) is 4.02. The van der Waals surface area contributed by atoms with Crippen LogP contribution in [0, 0.1) is 0 Å². The molecule has 2 aliphatic rings. The summed E-state index contributed by atoms with van der Waals surface area (Å²) in [6, 6.07) is 6.17. The number of rotatable bonds is 2. The van der Waals surface area contributed by atoms with Crippen molar-refractivity contribution in [3.05, 3.63) is 29.3 Å². The Bertz CT molecular complexity index is 394. The van der Waals surface area contributed by atoms with E-state index in [1.54, 1.807) is 0 Å². The van der Waals surface area contributed by atoms with Crippen LogP contribution < -0.4 is 4.74 Å². The molecule has 1 aromatic carbocycles. The maximum atomic E-state index is 9.75. The van der Waals surface area contributed by atoms with E-state index in [0.717, 1.165) is 24.2 Å². The Labute approximate surface area is 103 Å². The second-order valence-corrected chi connectivity index (χ2v) is 5.29. The first-order valence-corrected chi connectivity index (χ1v) is 6.80. The Balaban J connectivity index is 1.71. The molecule has 0 bridgehead atoms. The zero-order chi connectivity index (χ0) is 11.7. The van der Waals surface area contributed by atoms with Gasteiger partial charge in [0.1, 0.15) is 5.75 Å². The molecule has 1 N–H and O–H groups in total. The first-order chi connectivity index (χ1) is 8.33. The van der Waals surface area contributed by atoms with Gasteiger partial charge in [0.05, 0.1) is 12.2 Å². The predicted molar refractivity (Wildman–Crippen MR) is 67.2 cm³/mol. The van der Waals surface area contributed by atoms with Crippen molar-refractivity contribution in [2.45, 2.75) is 57.2 Å². The molecule has 1 aromatic rings. The van der Waals surface area contributed by atoms with Crippen LogP contribution >= 0.6 is 0 Å². The van der Waals surface area contributed by atoms with Crippen LogP contribution in [0.25, 0.3) is 0 Å². The third-order valence-electron chi connectivity index (χ3n) is 4.02. The average Bonchev–Trinajstić information content (AvgIpc) is 2.72. The molecule has 17 heavy (non-hydrogen) atoms. The average molecular weight is 232 g/mol. The maximum absolute atomic E-state index is 9.75. The predicted octanol–water partition coefficient (Wildman–Crippen LogP) is 3.38. The Morgan fingerprint density at radius 1 is 1.06 bits per heavy atom. The minimum Gasteiger partial charge on any atom is -0.490 e. The molecule has 1 saturated carbocycles. The van der Waals surface area contributed by atoms with Gasteiger partial charge in [-0.1, -0.05) is 12.5 Å². The van der Waals surface area contributed by atoms with Gasteiger partial charge in [-0.3, -0.25) is 0 Å². The van der Waals surface area contributed by atoms with Crippen molar-refractivity contribution in [1.29, 1.82) is 0 Å². The van der Waals surface area contributed by atoms with Crippen LogP contribution in [0.2, 0.25) is 0 Å². The summed E-state index contributed by atoms with van der Waals surface area (Å²) in [5.41, 5.74) is 2.37. The van der Waals surface area contributed by atoms with Crippen molar-refractivity contribution in [2.75, 3.05) is 0 Å². The lowest BCUT2D eigenvalue weighted by molar-refractivity contribution is 0.154. The topological polar surface area (TPSA) is 29.5 Å². The van der Waals surface area contributed by atoms with Gasteiger partial charge in [0.2, 0.25) is 0 Å². The van der Waals surface area contributed by atoms with Crippen molar-refractivity contribution < 1.29 is 9.84 Å². The zero-order valence-corrected chi connectivity index (χ0v) is 10.2. The minimum absolute atomic E-state index is 0.256. The fourth-order valence-electron chi connectivity index (χ4n) is 3.02. The summed E-state index contributed by atoms with van der Waals surface area (Å²) in [5, 5.41) is 9.75. The third kappa shape index (κ3) is 2.32. The summed E-state index contributed by atoms with van der Waals surface area (Å²) in [6.07, 6.45) is 8.35. The van der Waals surface area contributed by atoms with Crippen LogP contribution in [0.3, 0.4) is 0 Å². The summed E-state index contributed by atoms with van der Waals surface area (Å²) in [4.78, 5) is 0. The van der Waals surface area contributed by atoms with E-state index in [0.29, 0.717) is 6.10 Å². The van der Waals surface area contributed by atoms with E-state index in [9.17, 15) is 5.11 Å². The Kier molecular flexibility index (Phi) is 3.06. The second kappa shape index (κ2) is 4.69. The summed E-state index contributed by atoms with van der Waals surface area (Å²) >= 11 is 0. The number of ether oxygens (including phenoxy) is 1. The van der Waals surface area contributed by atoms with Gasteiger partial charge in [0.15, 0.2) is 0 Å². The first kappa shape index (κ1) is 11.1. The van der Waals surface area contributed by atoms with E-state index in [-0.39, 0.29) is 6.10 Å². The summed E-state index contributed by atoms with van der Waals surface area (Å²) < 4.78 is 6.03. The standard InChI is InChI=1S/C15H20O2/c16-15-9-6-11-10-13(7-8-14(11)15)17-12-4-2-1-3-5-12/h7-8,10,12,15-16H,1-6,9H2/t15-/m1/s1. The fraction of sp³-hybridized carbons (Fsp3) is 0.600. The lowest BCUT2D eigenvalue weighted by atomic mass is 9.98. The van der Waals surface area contributed by atoms with Crippen LogP contribution in [-0.2, 0) is 6.42 Å². The lowest BCUT2D eigenvalue weighted by Crippen LogP contribution is -2.19. The largest absolute Gasteiger partial charge is 0.490 e. The summed E-state index contributed by atoms with van der Waals surface area (Å²) in [6.45, 7) is 0. The number of aryl methyl sites for hydroxylation is 1. The molecule has 2 nitrogen and oxygen atoms in total. The normalized spacial score (nSPS) is 24.6. The van der Waals surface area contributed by atoms with Gasteiger partial charge in [-0.05, 0) is 61.8 Å². The van der Waals surface area contributed by atoms with E-state index >= 15 is 0 Å². The molecule has 2 aliphatic carbocycles. The van der Waals surface area contributed by atoms with E-state index in [1.165, 1.54) is 37.7 Å². The van der Waals surface area contributed by atoms with Crippen molar-refractivity contribution >= 4 is 0 Å². The van der Waals surface area contributed by atoms with Crippen LogP contribution in [0.5, 0.6) is 5.75 Å². The van der Waals surface area contributed by atoms with Crippen LogP contribution in [0.15, 0.2) is 18.2 Å². The molecule has 0 aromatic heterocycles. The Morgan fingerprint density at radius 2 is 1.88 bits per heavy atom. The Hall–Kier alpha value is -1.02. The molecule has 0 spiro atoms. The molecular formula is C15H20O2. The van der Waals surface area contributed by atoms with E-state index in [1.807, 2.05) is 12.1 Å². The van der Waals surface area contributed by atoms with Crippen molar-refractivity contribution in [3.8, 4) is 5.75 Å². The van der Waals surface area contributed by atoms with Crippen molar-refractivity contribution in [2.24, 2.45) is 0 Å². The highest BCUT2D eigenvalue weighted by molar-refractivity contribution is 5.39. The molecule has 0 unspecified atom stereocenters. The monoisotopic (exact) mass is 232 g/mol. The quantitative estimate of drug-likeness (QED) is 0.847. The van der Waals surface area contributed by atoms with E-state index < -0.39 is 0 Å². The highest BCUT2D eigenvalue weighted by Gasteiger charge is 2.21. The molecule has 0 saturated heterocycles. The molecule has 0 radical (unpaired) electrons. The van der Waals surface area contributed by atoms with E-state index in [4.69, 9.17) is 4.74 Å². The zero-order valence-electron chi connectivity index (χ0n) is 10.2. The van der Waals surface area contributed by atoms with Crippen LogP contribution in [0.4, 0.5) is 0 Å². The summed E-state index contributed by atoms with van der Waals surface area (Å²) in [5.74, 6) is 0.991. The molecule has 3 rings (SSSR count). The lowest BCUT2D eigenvalue weighted by Gasteiger charge is -2.23. The maximum Gasteiger partial charge on any atom is 0.120 e. The molecule has 92 valence electrons. The number of hydrogen-bond donors (Lipinski definition) is 1. The number of aliphatic hydroxyl groups excluding tert-OH is 1. The minimum atomic E-state index is -0.256. The molecule has 1 atom stereocenters. The van der Waals surface area contributed by atoms with Crippen molar-refractivity contribution in [1.82, 2.24) is 0 Å². The smallest absolute Gasteiger partial charge is 0.120 e. The molecular weight excluding hydrogens is 212 g/mol. The van der Waals surface area contributed by atoms with Gasteiger partial charge >= 0.3 is 0 Å². The number of benzene rings is 1. The highest BCUT2D eigenvalue weighted by Crippen LogP contribution is 2.34. The van der Waals surface area contributed by atoms with Gasteiger partial charge in [0, 0.05) is 0 Å². The molecule has 2 heteroatoms.